The van der Waals surface area contributed by atoms with Gasteiger partial charge in [0.05, 0.1) is 4.75 Å². The number of ether oxygens (including phenoxy) is 1. The van der Waals surface area contributed by atoms with E-state index in [1.54, 1.807) is 0 Å². The average molecular weight is 236 g/mol. The lowest BCUT2D eigenvalue weighted by molar-refractivity contribution is -0.147. The van der Waals surface area contributed by atoms with Gasteiger partial charge >= 0.3 is 5.97 Å². The minimum Gasteiger partial charge on any atom is -0.456 e. The normalized spacial score (nSPS) is 29.6. The lowest BCUT2D eigenvalue weighted by Gasteiger charge is -2.23. The summed E-state index contributed by atoms with van der Waals surface area (Å²) in [6.45, 7) is 5.80. The molecule has 0 N–H and O–H groups in total. The summed E-state index contributed by atoms with van der Waals surface area (Å²) in [5.41, 5.74) is 1.08. The van der Waals surface area contributed by atoms with Crippen LogP contribution >= 0.6 is 11.8 Å². The van der Waals surface area contributed by atoms with Crippen molar-refractivity contribution < 1.29 is 9.53 Å². The molecule has 0 spiro atoms. The molecule has 0 amide bonds. The zero-order chi connectivity index (χ0) is 11.8. The van der Waals surface area contributed by atoms with Crippen molar-refractivity contribution in [2.24, 2.45) is 0 Å². The molecule has 2 nitrogen and oxygen atoms in total. The number of benzene rings is 1. The Bertz CT molecular complexity index is 390. The predicted molar refractivity (Wildman–Crippen MR) is 66.4 cm³/mol. The molecule has 1 aromatic carbocycles. The lowest BCUT2D eigenvalue weighted by Crippen LogP contribution is -2.24. The molecule has 0 aromatic heterocycles. The third kappa shape index (κ3) is 2.09. The lowest BCUT2D eigenvalue weighted by atomic mass is 9.95. The molecule has 2 rings (SSSR count). The predicted octanol–water partition coefficient (Wildman–Crippen LogP) is 3.18. The molecule has 1 fully saturated rings. The first-order valence-electron chi connectivity index (χ1n) is 5.44. The molecule has 0 aliphatic carbocycles. The maximum absolute atomic E-state index is 11.2. The fraction of sp³-hybridized carbons (Fsp3) is 0.462. The number of hydrogen-bond acceptors (Lipinski definition) is 3. The number of carbonyl (C=O) groups is 1. The Morgan fingerprint density at radius 3 is 2.44 bits per heavy atom. The minimum atomic E-state index is -0.213. The molecule has 0 bridgehead atoms. The first-order valence-corrected chi connectivity index (χ1v) is 6.32. The summed E-state index contributed by atoms with van der Waals surface area (Å²) < 4.78 is 5.51. The molecule has 86 valence electrons. The summed E-state index contributed by atoms with van der Waals surface area (Å²) in [7, 11) is 0. The fourth-order valence-corrected chi connectivity index (χ4v) is 3.06. The van der Waals surface area contributed by atoms with Gasteiger partial charge in [0.2, 0.25) is 0 Å². The SMILES string of the molecule is CC(=O)OC(c1ccccc1)C1(C)SC1C. The summed E-state index contributed by atoms with van der Waals surface area (Å²) >= 11 is 1.86. The van der Waals surface area contributed by atoms with E-state index >= 15 is 0 Å². The van der Waals surface area contributed by atoms with Crippen LogP contribution in [-0.4, -0.2) is 16.0 Å². The highest BCUT2D eigenvalue weighted by Crippen LogP contribution is 2.61. The Balaban J connectivity index is 2.26. The standard InChI is InChI=1S/C13H16O2S/c1-9-13(3,16-9)12(15-10(2)14)11-7-5-4-6-8-11/h4-9,12H,1-3H3. The van der Waals surface area contributed by atoms with E-state index in [9.17, 15) is 4.79 Å². The molecule has 1 aromatic rings. The van der Waals surface area contributed by atoms with Crippen LogP contribution in [0, 0.1) is 0 Å². The van der Waals surface area contributed by atoms with Gasteiger partial charge in [-0.25, -0.2) is 0 Å². The number of thioether (sulfide) groups is 1. The van der Waals surface area contributed by atoms with E-state index in [0.717, 1.165) is 5.56 Å². The van der Waals surface area contributed by atoms with Gasteiger partial charge in [0, 0.05) is 12.2 Å². The van der Waals surface area contributed by atoms with Crippen molar-refractivity contribution in [3.63, 3.8) is 0 Å². The van der Waals surface area contributed by atoms with Gasteiger partial charge in [-0.15, -0.1) is 11.8 Å². The Kier molecular flexibility index (Phi) is 2.98. The smallest absolute Gasteiger partial charge is 0.303 e. The van der Waals surface area contributed by atoms with Crippen LogP contribution < -0.4 is 0 Å². The van der Waals surface area contributed by atoms with E-state index < -0.39 is 0 Å². The third-order valence-corrected chi connectivity index (χ3v) is 4.75. The van der Waals surface area contributed by atoms with E-state index in [2.05, 4.69) is 13.8 Å². The highest BCUT2D eigenvalue weighted by atomic mass is 32.2. The number of carbonyl (C=O) groups excluding carboxylic acids is 1. The summed E-state index contributed by atoms with van der Waals surface area (Å²) in [5, 5.41) is 0.539. The summed E-state index contributed by atoms with van der Waals surface area (Å²) in [5.74, 6) is -0.213. The van der Waals surface area contributed by atoms with Crippen molar-refractivity contribution >= 4 is 17.7 Å². The molecule has 3 heteroatoms. The van der Waals surface area contributed by atoms with Gasteiger partial charge in [-0.3, -0.25) is 4.79 Å². The first-order chi connectivity index (χ1) is 7.54. The maximum Gasteiger partial charge on any atom is 0.303 e. The van der Waals surface area contributed by atoms with Crippen LogP contribution in [-0.2, 0) is 9.53 Å². The first kappa shape index (κ1) is 11.5. The molecule has 3 atom stereocenters. The second-order valence-corrected chi connectivity index (χ2v) is 6.17. The van der Waals surface area contributed by atoms with Gasteiger partial charge in [0.15, 0.2) is 0 Å². The van der Waals surface area contributed by atoms with Crippen molar-refractivity contribution in [1.29, 1.82) is 0 Å². The molecule has 1 aliphatic heterocycles. The van der Waals surface area contributed by atoms with Crippen molar-refractivity contribution in [3.05, 3.63) is 35.9 Å². The van der Waals surface area contributed by atoms with Crippen molar-refractivity contribution in [3.8, 4) is 0 Å². The molecular formula is C13H16O2S. The summed E-state index contributed by atoms with van der Waals surface area (Å²) in [6.07, 6.45) is -0.133. The quantitative estimate of drug-likeness (QED) is 0.595. The average Bonchev–Trinajstić information content (AvgIpc) is 2.85. The van der Waals surface area contributed by atoms with Gasteiger partial charge in [-0.2, -0.15) is 0 Å². The molecule has 1 heterocycles. The second-order valence-electron chi connectivity index (χ2n) is 4.34. The van der Waals surface area contributed by atoms with Gasteiger partial charge in [0.1, 0.15) is 6.10 Å². The van der Waals surface area contributed by atoms with E-state index in [4.69, 9.17) is 4.74 Å². The fourth-order valence-electron chi connectivity index (χ4n) is 1.93. The van der Waals surface area contributed by atoms with E-state index in [1.807, 2.05) is 42.1 Å². The van der Waals surface area contributed by atoms with Crippen molar-refractivity contribution in [2.45, 2.75) is 36.9 Å². The van der Waals surface area contributed by atoms with Gasteiger partial charge < -0.3 is 4.74 Å². The number of rotatable bonds is 3. The van der Waals surface area contributed by atoms with Gasteiger partial charge in [-0.1, -0.05) is 37.3 Å². The van der Waals surface area contributed by atoms with Crippen LogP contribution in [0.3, 0.4) is 0 Å². The second kappa shape index (κ2) is 4.13. The minimum absolute atomic E-state index is 0.0347. The van der Waals surface area contributed by atoms with Crippen LogP contribution in [0.15, 0.2) is 30.3 Å². The Hall–Kier alpha value is -0.960. The van der Waals surface area contributed by atoms with E-state index in [0.29, 0.717) is 5.25 Å². The van der Waals surface area contributed by atoms with Crippen LogP contribution in [0.25, 0.3) is 0 Å². The molecule has 1 aliphatic rings. The molecule has 1 saturated heterocycles. The van der Waals surface area contributed by atoms with Crippen molar-refractivity contribution in [1.82, 2.24) is 0 Å². The zero-order valence-electron chi connectivity index (χ0n) is 9.77. The highest BCUT2D eigenvalue weighted by Gasteiger charge is 2.56. The van der Waals surface area contributed by atoms with Crippen LogP contribution in [0.5, 0.6) is 0 Å². The summed E-state index contributed by atoms with van der Waals surface area (Å²) in [6, 6.07) is 9.97. The largest absolute Gasteiger partial charge is 0.456 e. The summed E-state index contributed by atoms with van der Waals surface area (Å²) in [4.78, 5) is 11.2. The zero-order valence-corrected chi connectivity index (χ0v) is 10.6. The Morgan fingerprint density at radius 1 is 1.44 bits per heavy atom. The number of esters is 1. The van der Waals surface area contributed by atoms with Crippen LogP contribution in [0.2, 0.25) is 0 Å². The van der Waals surface area contributed by atoms with E-state index in [-0.39, 0.29) is 16.8 Å². The molecule has 16 heavy (non-hydrogen) atoms. The Labute approximate surface area is 100 Å². The monoisotopic (exact) mass is 236 g/mol. The molecule has 0 saturated carbocycles. The molecule has 0 radical (unpaired) electrons. The van der Waals surface area contributed by atoms with Gasteiger partial charge in [0.25, 0.3) is 0 Å². The van der Waals surface area contributed by atoms with Crippen LogP contribution in [0.4, 0.5) is 0 Å². The molecular weight excluding hydrogens is 220 g/mol. The number of hydrogen-bond donors (Lipinski definition) is 0. The van der Waals surface area contributed by atoms with Gasteiger partial charge in [-0.05, 0) is 12.5 Å². The Morgan fingerprint density at radius 2 is 2.00 bits per heavy atom. The maximum atomic E-state index is 11.2. The third-order valence-electron chi connectivity index (χ3n) is 3.09. The van der Waals surface area contributed by atoms with Crippen LogP contribution in [0.1, 0.15) is 32.4 Å². The highest BCUT2D eigenvalue weighted by molar-refractivity contribution is 8.08. The topological polar surface area (TPSA) is 26.3 Å². The van der Waals surface area contributed by atoms with Crippen molar-refractivity contribution in [2.75, 3.05) is 0 Å². The molecule has 3 unspecified atom stereocenters. The van der Waals surface area contributed by atoms with E-state index in [1.165, 1.54) is 6.92 Å².